The summed E-state index contributed by atoms with van der Waals surface area (Å²) in [4.78, 5) is 28.1. The summed E-state index contributed by atoms with van der Waals surface area (Å²) in [5, 5.41) is 0. The van der Waals surface area contributed by atoms with E-state index < -0.39 is 11.9 Å². The van der Waals surface area contributed by atoms with Crippen molar-refractivity contribution in [3.8, 4) is 0 Å². The van der Waals surface area contributed by atoms with Crippen molar-refractivity contribution in [2.45, 2.75) is 33.6 Å². The summed E-state index contributed by atoms with van der Waals surface area (Å²) in [6, 6.07) is 1.53. The van der Waals surface area contributed by atoms with Gasteiger partial charge in [0, 0.05) is 5.69 Å². The Bertz CT molecular complexity index is 512. The molecule has 0 bridgehead atoms. The molecule has 0 radical (unpaired) electrons. The molecule has 0 fully saturated rings. The Morgan fingerprint density at radius 1 is 1.20 bits per heavy atom. The topological polar surface area (TPSA) is 91.5 Å². The van der Waals surface area contributed by atoms with Gasteiger partial charge in [0.25, 0.3) is 0 Å². The molecule has 0 amide bonds. The zero-order valence-corrected chi connectivity index (χ0v) is 12.2. The van der Waals surface area contributed by atoms with Crippen LogP contribution in [0.5, 0.6) is 0 Å². The van der Waals surface area contributed by atoms with Crippen LogP contribution in [0.1, 0.15) is 60.0 Å². The van der Waals surface area contributed by atoms with Crippen LogP contribution in [0.15, 0.2) is 6.07 Å². The van der Waals surface area contributed by atoms with Gasteiger partial charge in [-0.1, -0.05) is 13.8 Å². The van der Waals surface area contributed by atoms with Gasteiger partial charge in [-0.3, -0.25) is 0 Å². The van der Waals surface area contributed by atoms with Crippen LogP contribution >= 0.6 is 0 Å². The van der Waals surface area contributed by atoms with E-state index in [9.17, 15) is 9.59 Å². The summed E-state index contributed by atoms with van der Waals surface area (Å²) in [7, 11) is 0. The largest absolute Gasteiger partial charge is 0.462 e. The minimum absolute atomic E-state index is 0.0160. The molecular weight excluding hydrogens is 260 g/mol. The van der Waals surface area contributed by atoms with E-state index in [4.69, 9.17) is 15.2 Å². The van der Waals surface area contributed by atoms with E-state index in [1.54, 1.807) is 13.8 Å². The summed E-state index contributed by atoms with van der Waals surface area (Å²) >= 11 is 0. The molecule has 0 aromatic carbocycles. The summed E-state index contributed by atoms with van der Waals surface area (Å²) in [6.45, 7) is 7.60. The number of carbonyl (C=O) groups is 2. The maximum absolute atomic E-state index is 12.0. The van der Waals surface area contributed by atoms with E-state index >= 15 is 0 Å². The number of nitrogens with zero attached hydrogens (tertiary/aromatic N) is 1. The third-order valence-electron chi connectivity index (χ3n) is 2.63. The third kappa shape index (κ3) is 3.46. The lowest BCUT2D eigenvalue weighted by Gasteiger charge is -2.13. The van der Waals surface area contributed by atoms with Gasteiger partial charge < -0.3 is 15.2 Å². The zero-order valence-electron chi connectivity index (χ0n) is 12.2. The highest BCUT2D eigenvalue weighted by Gasteiger charge is 2.25. The van der Waals surface area contributed by atoms with E-state index in [0.717, 1.165) is 0 Å². The second-order valence-electron chi connectivity index (χ2n) is 4.45. The molecule has 2 N–H and O–H groups in total. The number of carbonyl (C=O) groups excluding carboxylic acids is 2. The zero-order chi connectivity index (χ0) is 15.3. The van der Waals surface area contributed by atoms with Crippen LogP contribution in [0.4, 0.5) is 5.82 Å². The average molecular weight is 280 g/mol. The monoisotopic (exact) mass is 280 g/mol. The van der Waals surface area contributed by atoms with Crippen LogP contribution in [0, 0.1) is 0 Å². The number of anilines is 1. The van der Waals surface area contributed by atoms with Gasteiger partial charge in [-0.15, -0.1) is 0 Å². The van der Waals surface area contributed by atoms with E-state index in [1.807, 2.05) is 13.8 Å². The number of aromatic nitrogens is 1. The van der Waals surface area contributed by atoms with Gasteiger partial charge in [-0.2, -0.15) is 0 Å². The lowest BCUT2D eigenvalue weighted by molar-refractivity contribution is 0.0479. The molecule has 6 nitrogen and oxygen atoms in total. The Labute approximate surface area is 118 Å². The van der Waals surface area contributed by atoms with Crippen molar-refractivity contribution in [1.82, 2.24) is 4.98 Å². The molecule has 0 aliphatic heterocycles. The van der Waals surface area contributed by atoms with Crippen LogP contribution in [0.3, 0.4) is 0 Å². The number of pyridine rings is 1. The Hall–Kier alpha value is -2.11. The molecule has 1 aromatic heterocycles. The van der Waals surface area contributed by atoms with E-state index in [1.165, 1.54) is 6.07 Å². The highest BCUT2D eigenvalue weighted by molar-refractivity contribution is 6.06. The predicted molar refractivity (Wildman–Crippen MR) is 74.7 cm³/mol. The first-order chi connectivity index (χ1) is 9.42. The molecule has 0 saturated carbocycles. The minimum atomic E-state index is -0.671. The maximum atomic E-state index is 12.0. The quantitative estimate of drug-likeness (QED) is 0.831. The molecule has 0 spiro atoms. The number of nitrogens with two attached hydrogens (primary N) is 1. The highest BCUT2D eigenvalue weighted by Crippen LogP contribution is 2.23. The van der Waals surface area contributed by atoms with E-state index in [0.29, 0.717) is 5.69 Å². The smallest absolute Gasteiger partial charge is 0.342 e. The van der Waals surface area contributed by atoms with Crippen molar-refractivity contribution in [3.05, 3.63) is 22.9 Å². The van der Waals surface area contributed by atoms with E-state index in [2.05, 4.69) is 4.98 Å². The minimum Gasteiger partial charge on any atom is -0.462 e. The molecule has 1 rings (SSSR count). The molecule has 0 aliphatic rings. The first-order valence-corrected chi connectivity index (χ1v) is 6.56. The SMILES string of the molecule is CCOC(=O)c1cc(C(C)C)nc(N)c1C(=O)OCC. The Balaban J connectivity index is 3.39. The van der Waals surface area contributed by atoms with Crippen molar-refractivity contribution < 1.29 is 19.1 Å². The molecule has 0 unspecified atom stereocenters. The molecule has 0 atom stereocenters. The molecule has 0 aliphatic carbocycles. The Morgan fingerprint density at radius 2 is 1.75 bits per heavy atom. The second-order valence-corrected chi connectivity index (χ2v) is 4.45. The first-order valence-electron chi connectivity index (χ1n) is 6.56. The number of rotatable bonds is 5. The van der Waals surface area contributed by atoms with Gasteiger partial charge in [0.2, 0.25) is 0 Å². The average Bonchev–Trinajstić information content (AvgIpc) is 2.37. The van der Waals surface area contributed by atoms with Crippen LogP contribution in [-0.2, 0) is 9.47 Å². The number of ether oxygens (including phenoxy) is 2. The molecule has 6 heteroatoms. The molecule has 110 valence electrons. The molecule has 1 heterocycles. The number of esters is 2. The lowest BCUT2D eigenvalue weighted by Crippen LogP contribution is -2.18. The molecular formula is C14H20N2O4. The fraction of sp³-hybridized carbons (Fsp3) is 0.500. The molecule has 20 heavy (non-hydrogen) atoms. The van der Waals surface area contributed by atoms with Gasteiger partial charge in [0.1, 0.15) is 11.4 Å². The van der Waals surface area contributed by atoms with Gasteiger partial charge in [0.15, 0.2) is 0 Å². The van der Waals surface area contributed by atoms with Crippen molar-refractivity contribution in [2.24, 2.45) is 0 Å². The number of hydrogen-bond donors (Lipinski definition) is 1. The van der Waals surface area contributed by atoms with Crippen molar-refractivity contribution in [1.29, 1.82) is 0 Å². The molecule has 1 aromatic rings. The summed E-state index contributed by atoms with van der Waals surface area (Å²) in [6.07, 6.45) is 0. The van der Waals surface area contributed by atoms with Crippen LogP contribution in [-0.4, -0.2) is 30.1 Å². The van der Waals surface area contributed by atoms with Gasteiger partial charge in [0.05, 0.1) is 18.8 Å². The number of hydrogen-bond acceptors (Lipinski definition) is 6. The highest BCUT2D eigenvalue weighted by atomic mass is 16.5. The van der Waals surface area contributed by atoms with E-state index in [-0.39, 0.29) is 36.1 Å². The first kappa shape index (κ1) is 15.9. The predicted octanol–water partition coefficient (Wildman–Crippen LogP) is 2.14. The standard InChI is InChI=1S/C14H20N2O4/c1-5-19-13(17)9-7-10(8(3)4)16-12(15)11(9)14(18)20-6-2/h7-8H,5-6H2,1-4H3,(H2,15,16). The normalized spacial score (nSPS) is 10.4. The second kappa shape index (κ2) is 6.88. The van der Waals surface area contributed by atoms with Gasteiger partial charge in [-0.25, -0.2) is 14.6 Å². The van der Waals surface area contributed by atoms with Gasteiger partial charge in [-0.05, 0) is 25.8 Å². The fourth-order valence-corrected chi connectivity index (χ4v) is 1.67. The fourth-order valence-electron chi connectivity index (χ4n) is 1.67. The van der Waals surface area contributed by atoms with Crippen LogP contribution < -0.4 is 5.73 Å². The Kier molecular flexibility index (Phi) is 5.49. The van der Waals surface area contributed by atoms with Crippen molar-refractivity contribution in [3.63, 3.8) is 0 Å². The number of nitrogen functional groups attached to an aromatic ring is 1. The lowest BCUT2D eigenvalue weighted by atomic mass is 10.0. The maximum Gasteiger partial charge on any atom is 0.342 e. The summed E-state index contributed by atoms with van der Waals surface area (Å²) < 4.78 is 9.87. The van der Waals surface area contributed by atoms with Crippen molar-refractivity contribution in [2.75, 3.05) is 18.9 Å². The van der Waals surface area contributed by atoms with Crippen LogP contribution in [0.25, 0.3) is 0 Å². The third-order valence-corrected chi connectivity index (χ3v) is 2.63. The van der Waals surface area contributed by atoms with Crippen molar-refractivity contribution >= 4 is 17.8 Å². The van der Waals surface area contributed by atoms with Gasteiger partial charge >= 0.3 is 11.9 Å². The summed E-state index contributed by atoms with van der Waals surface area (Å²) in [5.41, 5.74) is 6.50. The summed E-state index contributed by atoms with van der Waals surface area (Å²) in [5.74, 6) is -1.22. The molecule has 0 saturated heterocycles. The Morgan fingerprint density at radius 3 is 2.25 bits per heavy atom. The van der Waals surface area contributed by atoms with Crippen LogP contribution in [0.2, 0.25) is 0 Å².